The Hall–Kier alpha value is -1.95. The van der Waals surface area contributed by atoms with Crippen LogP contribution in [0.3, 0.4) is 0 Å². The molecule has 0 aliphatic heterocycles. The highest BCUT2D eigenvalue weighted by molar-refractivity contribution is 5.84. The second kappa shape index (κ2) is 3.90. The molecule has 0 radical (unpaired) electrons. The van der Waals surface area contributed by atoms with Crippen LogP contribution in [-0.2, 0) is 6.54 Å². The number of nitro benzene ring substituents is 1. The number of hydrogen-bond donors (Lipinski definition) is 1. The Morgan fingerprint density at radius 2 is 2.31 bits per heavy atom. The van der Waals surface area contributed by atoms with E-state index in [1.807, 2.05) is 0 Å². The monoisotopic (exact) mass is 221 g/mol. The number of aryl methyl sites for hydroxylation is 1. The van der Waals surface area contributed by atoms with Crippen LogP contribution in [0.2, 0.25) is 0 Å². The molecule has 6 heteroatoms. The first kappa shape index (κ1) is 10.6. The third kappa shape index (κ3) is 1.63. The molecule has 0 fully saturated rings. The zero-order chi connectivity index (χ0) is 11.7. The molecule has 0 aliphatic rings. The molecule has 0 saturated carbocycles. The number of benzene rings is 1. The standard InChI is InChI=1S/C10H11N3O3/c1-7-9-6-8(13(15)16)2-3-10(9)12(11-7)4-5-14/h2-3,6,14H,4-5H2,1H3. The number of nitrogens with zero attached hydrogens (tertiary/aromatic N) is 3. The maximum absolute atomic E-state index is 10.6. The highest BCUT2D eigenvalue weighted by atomic mass is 16.6. The fourth-order valence-corrected chi connectivity index (χ4v) is 1.71. The summed E-state index contributed by atoms with van der Waals surface area (Å²) in [4.78, 5) is 10.2. The second-order valence-corrected chi connectivity index (χ2v) is 3.49. The summed E-state index contributed by atoms with van der Waals surface area (Å²) >= 11 is 0. The van der Waals surface area contributed by atoms with E-state index in [0.29, 0.717) is 6.54 Å². The molecule has 0 bridgehead atoms. The summed E-state index contributed by atoms with van der Waals surface area (Å²) in [7, 11) is 0. The molecule has 2 rings (SSSR count). The lowest BCUT2D eigenvalue weighted by molar-refractivity contribution is -0.384. The predicted octanol–water partition coefficient (Wildman–Crippen LogP) is 1.25. The fraction of sp³-hybridized carbons (Fsp3) is 0.300. The van der Waals surface area contributed by atoms with E-state index in [9.17, 15) is 10.1 Å². The van der Waals surface area contributed by atoms with Crippen LogP contribution in [0.25, 0.3) is 10.9 Å². The first-order valence-corrected chi connectivity index (χ1v) is 4.86. The summed E-state index contributed by atoms with van der Waals surface area (Å²) in [5.41, 5.74) is 1.59. The minimum atomic E-state index is -0.428. The minimum Gasteiger partial charge on any atom is -0.394 e. The fourth-order valence-electron chi connectivity index (χ4n) is 1.71. The summed E-state index contributed by atoms with van der Waals surface area (Å²) in [5.74, 6) is 0. The Morgan fingerprint density at radius 1 is 1.56 bits per heavy atom. The van der Waals surface area contributed by atoms with E-state index in [1.54, 1.807) is 17.7 Å². The summed E-state index contributed by atoms with van der Waals surface area (Å²) < 4.78 is 1.65. The number of aliphatic hydroxyl groups is 1. The van der Waals surface area contributed by atoms with Gasteiger partial charge in [0.25, 0.3) is 5.69 Å². The SMILES string of the molecule is Cc1nn(CCO)c2ccc([N+](=O)[O-])cc12. The Bertz CT molecular complexity index is 547. The molecule has 0 aliphatic carbocycles. The molecular weight excluding hydrogens is 210 g/mol. The number of fused-ring (bicyclic) bond motifs is 1. The van der Waals surface area contributed by atoms with Gasteiger partial charge in [0.15, 0.2) is 0 Å². The number of nitro groups is 1. The van der Waals surface area contributed by atoms with Crippen LogP contribution in [0.5, 0.6) is 0 Å². The van der Waals surface area contributed by atoms with E-state index in [0.717, 1.165) is 16.6 Å². The quantitative estimate of drug-likeness (QED) is 0.624. The lowest BCUT2D eigenvalue weighted by Crippen LogP contribution is -2.03. The third-order valence-electron chi connectivity index (χ3n) is 2.44. The predicted molar refractivity (Wildman–Crippen MR) is 58.2 cm³/mol. The van der Waals surface area contributed by atoms with Gasteiger partial charge in [-0.05, 0) is 13.0 Å². The van der Waals surface area contributed by atoms with Crippen molar-refractivity contribution in [3.8, 4) is 0 Å². The Kier molecular flexibility index (Phi) is 2.57. The van der Waals surface area contributed by atoms with Gasteiger partial charge in [-0.15, -0.1) is 0 Å². The average molecular weight is 221 g/mol. The topological polar surface area (TPSA) is 81.2 Å². The van der Waals surface area contributed by atoms with Crippen molar-refractivity contribution in [2.45, 2.75) is 13.5 Å². The van der Waals surface area contributed by atoms with Gasteiger partial charge in [-0.3, -0.25) is 14.8 Å². The third-order valence-corrected chi connectivity index (χ3v) is 2.44. The molecule has 0 atom stereocenters. The summed E-state index contributed by atoms with van der Waals surface area (Å²) in [6.45, 7) is 2.18. The van der Waals surface area contributed by atoms with Crippen molar-refractivity contribution in [3.05, 3.63) is 34.0 Å². The molecule has 1 heterocycles. The van der Waals surface area contributed by atoms with E-state index in [2.05, 4.69) is 5.10 Å². The molecule has 2 aromatic rings. The van der Waals surface area contributed by atoms with E-state index in [1.165, 1.54) is 12.1 Å². The van der Waals surface area contributed by atoms with Crippen molar-refractivity contribution in [3.63, 3.8) is 0 Å². The number of hydrogen-bond acceptors (Lipinski definition) is 4. The van der Waals surface area contributed by atoms with Crippen LogP contribution < -0.4 is 0 Å². The molecule has 16 heavy (non-hydrogen) atoms. The second-order valence-electron chi connectivity index (χ2n) is 3.49. The lowest BCUT2D eigenvalue weighted by atomic mass is 10.2. The first-order chi connectivity index (χ1) is 7.63. The van der Waals surface area contributed by atoms with Gasteiger partial charge in [0.05, 0.1) is 29.3 Å². The molecule has 1 aromatic heterocycles. The van der Waals surface area contributed by atoms with E-state index in [4.69, 9.17) is 5.11 Å². The largest absolute Gasteiger partial charge is 0.394 e. The van der Waals surface area contributed by atoms with Crippen LogP contribution in [0, 0.1) is 17.0 Å². The van der Waals surface area contributed by atoms with Gasteiger partial charge in [0.1, 0.15) is 0 Å². The number of non-ortho nitro benzene ring substituents is 1. The highest BCUT2D eigenvalue weighted by Gasteiger charge is 2.12. The van der Waals surface area contributed by atoms with Crippen LogP contribution in [0.1, 0.15) is 5.69 Å². The molecule has 84 valence electrons. The average Bonchev–Trinajstić information content (AvgIpc) is 2.56. The van der Waals surface area contributed by atoms with Crippen molar-refractivity contribution >= 4 is 16.6 Å². The maximum Gasteiger partial charge on any atom is 0.270 e. The Labute approximate surface area is 91.3 Å². The van der Waals surface area contributed by atoms with Gasteiger partial charge in [-0.1, -0.05) is 0 Å². The number of rotatable bonds is 3. The molecule has 1 aromatic carbocycles. The Morgan fingerprint density at radius 3 is 2.94 bits per heavy atom. The molecule has 6 nitrogen and oxygen atoms in total. The summed E-state index contributed by atoms with van der Waals surface area (Å²) in [6.07, 6.45) is 0. The summed E-state index contributed by atoms with van der Waals surface area (Å²) in [6, 6.07) is 4.60. The van der Waals surface area contributed by atoms with Crippen molar-refractivity contribution < 1.29 is 10.0 Å². The van der Waals surface area contributed by atoms with E-state index < -0.39 is 4.92 Å². The van der Waals surface area contributed by atoms with E-state index in [-0.39, 0.29) is 12.3 Å². The lowest BCUT2D eigenvalue weighted by Gasteiger charge is -1.99. The van der Waals surface area contributed by atoms with E-state index >= 15 is 0 Å². The van der Waals surface area contributed by atoms with Crippen molar-refractivity contribution in [2.24, 2.45) is 0 Å². The molecule has 1 N–H and O–H groups in total. The van der Waals surface area contributed by atoms with Gasteiger partial charge in [0, 0.05) is 17.5 Å². The van der Waals surface area contributed by atoms with Crippen LogP contribution in [0.4, 0.5) is 5.69 Å². The van der Waals surface area contributed by atoms with Gasteiger partial charge < -0.3 is 5.11 Å². The zero-order valence-electron chi connectivity index (χ0n) is 8.75. The minimum absolute atomic E-state index is 0.00674. The summed E-state index contributed by atoms with van der Waals surface area (Å²) in [5, 5.41) is 24.5. The number of aliphatic hydroxyl groups excluding tert-OH is 1. The van der Waals surface area contributed by atoms with Crippen LogP contribution >= 0.6 is 0 Å². The first-order valence-electron chi connectivity index (χ1n) is 4.86. The molecule has 0 amide bonds. The Balaban J connectivity index is 2.61. The van der Waals surface area contributed by atoms with Gasteiger partial charge >= 0.3 is 0 Å². The van der Waals surface area contributed by atoms with Gasteiger partial charge in [-0.25, -0.2) is 0 Å². The van der Waals surface area contributed by atoms with Crippen molar-refractivity contribution in [1.29, 1.82) is 0 Å². The van der Waals surface area contributed by atoms with Crippen molar-refractivity contribution in [1.82, 2.24) is 9.78 Å². The van der Waals surface area contributed by atoms with Gasteiger partial charge in [-0.2, -0.15) is 5.10 Å². The smallest absolute Gasteiger partial charge is 0.270 e. The maximum atomic E-state index is 10.6. The van der Waals surface area contributed by atoms with Crippen LogP contribution in [0.15, 0.2) is 18.2 Å². The van der Waals surface area contributed by atoms with Crippen LogP contribution in [-0.4, -0.2) is 26.4 Å². The highest BCUT2D eigenvalue weighted by Crippen LogP contribution is 2.23. The molecular formula is C10H11N3O3. The molecule has 0 unspecified atom stereocenters. The van der Waals surface area contributed by atoms with Gasteiger partial charge in [0.2, 0.25) is 0 Å². The zero-order valence-corrected chi connectivity index (χ0v) is 8.75. The number of aromatic nitrogens is 2. The normalized spacial score (nSPS) is 10.9. The molecule has 0 saturated heterocycles. The molecule has 0 spiro atoms. The van der Waals surface area contributed by atoms with Crippen molar-refractivity contribution in [2.75, 3.05) is 6.61 Å².